The predicted molar refractivity (Wildman–Crippen MR) is 95.1 cm³/mol. The van der Waals surface area contributed by atoms with Crippen molar-refractivity contribution in [3.63, 3.8) is 0 Å². The van der Waals surface area contributed by atoms with Gasteiger partial charge in [0.25, 0.3) is 5.91 Å². The van der Waals surface area contributed by atoms with E-state index in [0.717, 1.165) is 26.9 Å². The number of rotatable bonds is 3. The number of hydrogen-bond donors (Lipinski definition) is 1. The van der Waals surface area contributed by atoms with Gasteiger partial charge in [0.05, 0.1) is 11.6 Å². The van der Waals surface area contributed by atoms with E-state index in [2.05, 4.69) is 35.9 Å². The van der Waals surface area contributed by atoms with Crippen molar-refractivity contribution in [1.29, 1.82) is 0 Å². The highest BCUT2D eigenvalue weighted by Crippen LogP contribution is 2.30. The van der Waals surface area contributed by atoms with Crippen molar-refractivity contribution >= 4 is 28.1 Å². The van der Waals surface area contributed by atoms with Crippen molar-refractivity contribution in [3.05, 3.63) is 51.1 Å². The van der Waals surface area contributed by atoms with Gasteiger partial charge in [0.1, 0.15) is 5.69 Å². The maximum Gasteiger partial charge on any atom is 0.270 e. The van der Waals surface area contributed by atoms with Crippen LogP contribution in [0.1, 0.15) is 45.0 Å². The molecule has 2 aromatic heterocycles. The normalized spacial score (nSPS) is 12.6. The summed E-state index contributed by atoms with van der Waals surface area (Å²) in [5.41, 5.74) is 6.91. The molecule has 0 spiro atoms. The summed E-state index contributed by atoms with van der Waals surface area (Å²) in [5.74, 6) is 0.0124. The molecule has 3 aromatic rings. The largest absolute Gasteiger partial charge is 0.350 e. The number of hydrogen-bond acceptors (Lipinski definition) is 3. The third-order valence-corrected chi connectivity index (χ3v) is 5.55. The van der Waals surface area contributed by atoms with Crippen molar-refractivity contribution in [2.45, 2.75) is 33.7 Å². The monoisotopic (exact) mass is 327 g/mol. The molecule has 1 amide bonds. The summed E-state index contributed by atoms with van der Waals surface area (Å²) in [6.07, 6.45) is 1.82. The molecule has 1 aromatic carbocycles. The Morgan fingerprint density at radius 2 is 1.96 bits per heavy atom. The molecule has 0 saturated carbocycles. The second-order valence-corrected chi connectivity index (χ2v) is 6.99. The van der Waals surface area contributed by atoms with Crippen LogP contribution in [0.15, 0.2) is 23.8 Å². The minimum absolute atomic E-state index is 0.00278. The number of aryl methyl sites for hydroxylation is 3. The number of aromatic amines is 1. The highest BCUT2D eigenvalue weighted by molar-refractivity contribution is 7.09. The van der Waals surface area contributed by atoms with Crippen molar-refractivity contribution < 1.29 is 4.79 Å². The van der Waals surface area contributed by atoms with E-state index in [4.69, 9.17) is 0 Å². The molecule has 4 nitrogen and oxygen atoms in total. The summed E-state index contributed by atoms with van der Waals surface area (Å²) in [4.78, 5) is 23.3. The van der Waals surface area contributed by atoms with Gasteiger partial charge in [-0.05, 0) is 44.4 Å². The Bertz CT molecular complexity index is 864. The molecule has 0 fully saturated rings. The Labute approximate surface area is 140 Å². The minimum atomic E-state index is 0.00278. The molecule has 120 valence electrons. The third kappa shape index (κ3) is 2.55. The van der Waals surface area contributed by atoms with Gasteiger partial charge in [-0.1, -0.05) is 12.1 Å². The molecule has 0 unspecified atom stereocenters. The molecular formula is C18H21N3OS. The summed E-state index contributed by atoms with van der Waals surface area (Å²) in [7, 11) is 1.84. The number of nitrogens with one attached hydrogen (secondary N) is 1. The Morgan fingerprint density at radius 1 is 1.26 bits per heavy atom. The summed E-state index contributed by atoms with van der Waals surface area (Å²) in [6.45, 7) is 8.19. The lowest BCUT2D eigenvalue weighted by molar-refractivity contribution is 0.0739. The number of fused-ring (bicyclic) bond motifs is 1. The van der Waals surface area contributed by atoms with Crippen molar-refractivity contribution in [1.82, 2.24) is 14.9 Å². The zero-order chi connectivity index (χ0) is 16.7. The number of carbonyl (C=O) groups excluding carboxylic acids is 1. The number of H-pyrrole nitrogens is 1. The summed E-state index contributed by atoms with van der Waals surface area (Å²) in [5, 5.41) is 1.16. The van der Waals surface area contributed by atoms with Gasteiger partial charge < -0.3 is 9.88 Å². The average Bonchev–Trinajstić information content (AvgIpc) is 3.17. The standard InChI is InChI=1S/C18H21N3OS/c1-10-6-7-11(2)16-15(10)12(3)17(20-16)18(22)21(5)13(4)14-8-19-9-23-14/h6-9,13,20H,1-5H3/t13-/m1/s1. The van der Waals surface area contributed by atoms with E-state index >= 15 is 0 Å². The summed E-state index contributed by atoms with van der Waals surface area (Å²) in [6, 6.07) is 4.20. The van der Waals surface area contributed by atoms with E-state index in [0.29, 0.717) is 5.69 Å². The predicted octanol–water partition coefficient (Wildman–Crippen LogP) is 4.38. The smallest absolute Gasteiger partial charge is 0.270 e. The lowest BCUT2D eigenvalue weighted by Gasteiger charge is -2.23. The average molecular weight is 327 g/mol. The zero-order valence-electron chi connectivity index (χ0n) is 14.1. The first-order valence-corrected chi connectivity index (χ1v) is 8.53. The first-order valence-electron chi connectivity index (χ1n) is 7.65. The molecule has 5 heteroatoms. The van der Waals surface area contributed by atoms with E-state index in [-0.39, 0.29) is 11.9 Å². The number of benzene rings is 1. The van der Waals surface area contributed by atoms with Gasteiger partial charge in [-0.15, -0.1) is 11.3 Å². The van der Waals surface area contributed by atoms with Crippen molar-refractivity contribution in [2.75, 3.05) is 7.05 Å². The van der Waals surface area contributed by atoms with E-state index in [1.807, 2.05) is 27.1 Å². The van der Waals surface area contributed by atoms with Gasteiger partial charge >= 0.3 is 0 Å². The molecule has 0 aliphatic heterocycles. The Balaban J connectivity index is 2.03. The van der Waals surface area contributed by atoms with Crippen molar-refractivity contribution in [3.8, 4) is 0 Å². The summed E-state index contributed by atoms with van der Waals surface area (Å²) >= 11 is 1.57. The molecule has 0 bridgehead atoms. The van der Waals surface area contributed by atoms with Crippen LogP contribution >= 0.6 is 11.3 Å². The van der Waals surface area contributed by atoms with Crippen LogP contribution in [0.2, 0.25) is 0 Å². The molecule has 0 aliphatic rings. The van der Waals surface area contributed by atoms with E-state index < -0.39 is 0 Å². The Kier molecular flexibility index (Phi) is 3.98. The van der Waals surface area contributed by atoms with Crippen LogP contribution in [0.25, 0.3) is 10.9 Å². The van der Waals surface area contributed by atoms with Gasteiger partial charge in [-0.3, -0.25) is 9.78 Å². The van der Waals surface area contributed by atoms with E-state index in [9.17, 15) is 4.79 Å². The minimum Gasteiger partial charge on any atom is -0.350 e. The van der Waals surface area contributed by atoms with Crippen LogP contribution in [0.5, 0.6) is 0 Å². The molecule has 0 aliphatic carbocycles. The van der Waals surface area contributed by atoms with Crippen LogP contribution < -0.4 is 0 Å². The number of thiazole rings is 1. The van der Waals surface area contributed by atoms with Crippen molar-refractivity contribution in [2.24, 2.45) is 0 Å². The van der Waals surface area contributed by atoms with Gasteiger partial charge in [-0.25, -0.2) is 0 Å². The molecule has 1 atom stereocenters. The first-order chi connectivity index (χ1) is 10.9. The number of amides is 1. The van der Waals surface area contributed by atoms with Crippen LogP contribution in [0.4, 0.5) is 0 Å². The van der Waals surface area contributed by atoms with Gasteiger partial charge in [0.2, 0.25) is 0 Å². The molecule has 2 heterocycles. The Hall–Kier alpha value is -2.14. The number of aromatic nitrogens is 2. The second kappa shape index (κ2) is 5.81. The number of nitrogens with zero attached hydrogens (tertiary/aromatic N) is 2. The van der Waals surface area contributed by atoms with Crippen LogP contribution in [-0.2, 0) is 0 Å². The van der Waals surface area contributed by atoms with E-state index in [1.165, 1.54) is 5.56 Å². The maximum atomic E-state index is 13.0. The SMILES string of the molecule is Cc1ccc(C)c2c(C)c(C(=O)N(C)[C@H](C)c3cncs3)[nH]c12. The lowest BCUT2D eigenvalue weighted by Crippen LogP contribution is -2.30. The van der Waals surface area contributed by atoms with E-state index in [1.54, 1.807) is 21.7 Å². The third-order valence-electron chi connectivity index (χ3n) is 4.60. The fourth-order valence-electron chi connectivity index (χ4n) is 2.99. The van der Waals surface area contributed by atoms with Crippen LogP contribution in [-0.4, -0.2) is 27.8 Å². The molecule has 0 saturated heterocycles. The Morgan fingerprint density at radius 3 is 2.57 bits per heavy atom. The summed E-state index contributed by atoms with van der Waals surface area (Å²) < 4.78 is 0. The highest BCUT2D eigenvalue weighted by atomic mass is 32.1. The topological polar surface area (TPSA) is 49.0 Å². The molecule has 3 rings (SSSR count). The zero-order valence-corrected chi connectivity index (χ0v) is 14.9. The molecular weight excluding hydrogens is 306 g/mol. The molecule has 1 N–H and O–H groups in total. The molecule has 23 heavy (non-hydrogen) atoms. The second-order valence-electron chi connectivity index (χ2n) is 6.07. The van der Waals surface area contributed by atoms with Gasteiger partial charge in [0, 0.05) is 29.0 Å². The fourth-order valence-corrected chi connectivity index (χ4v) is 3.71. The van der Waals surface area contributed by atoms with Gasteiger partial charge in [0.15, 0.2) is 0 Å². The fraction of sp³-hybridized carbons (Fsp3) is 0.333. The van der Waals surface area contributed by atoms with Gasteiger partial charge in [-0.2, -0.15) is 0 Å². The van der Waals surface area contributed by atoms with Crippen LogP contribution in [0, 0.1) is 20.8 Å². The first kappa shape index (κ1) is 15.7. The quantitative estimate of drug-likeness (QED) is 0.776. The lowest BCUT2D eigenvalue weighted by atomic mass is 10.0. The molecule has 0 radical (unpaired) electrons. The van der Waals surface area contributed by atoms with Crippen LogP contribution in [0.3, 0.4) is 0 Å². The maximum absolute atomic E-state index is 13.0. The number of carbonyl (C=O) groups is 1. The highest BCUT2D eigenvalue weighted by Gasteiger charge is 2.24.